The summed E-state index contributed by atoms with van der Waals surface area (Å²) in [5.74, 6) is -0.713. The lowest BCUT2D eigenvalue weighted by molar-refractivity contribution is 0.0602. The van der Waals surface area contributed by atoms with Crippen LogP contribution >= 0.6 is 11.3 Å². The molecular formula is C12H17NO5S2. The van der Waals surface area contributed by atoms with Gasteiger partial charge in [0.1, 0.15) is 9.77 Å². The third kappa shape index (κ3) is 2.73. The van der Waals surface area contributed by atoms with Gasteiger partial charge in [0.05, 0.1) is 13.2 Å². The molecule has 0 aromatic carbocycles. The van der Waals surface area contributed by atoms with Crippen LogP contribution in [-0.4, -0.2) is 50.1 Å². The Bertz CT molecular complexity index is 593. The van der Waals surface area contributed by atoms with Crippen molar-refractivity contribution in [3.05, 3.63) is 16.3 Å². The van der Waals surface area contributed by atoms with E-state index in [2.05, 4.69) is 4.74 Å². The van der Waals surface area contributed by atoms with Crippen molar-refractivity contribution < 1.29 is 23.1 Å². The molecule has 1 aliphatic heterocycles. The number of methoxy groups -OCH3 is 1. The zero-order valence-corrected chi connectivity index (χ0v) is 12.9. The number of rotatable bonds is 4. The smallest absolute Gasteiger partial charge is 0.349 e. The second-order valence-electron chi connectivity index (χ2n) is 4.76. The second kappa shape index (κ2) is 5.80. The summed E-state index contributed by atoms with van der Waals surface area (Å²) in [5.41, 5.74) is 0. The van der Waals surface area contributed by atoms with Crippen LogP contribution < -0.4 is 0 Å². The number of hydrogen-bond acceptors (Lipinski definition) is 6. The van der Waals surface area contributed by atoms with Crippen molar-refractivity contribution in [3.8, 4) is 0 Å². The second-order valence-corrected chi connectivity index (χ2v) is 7.58. The molecule has 1 aromatic heterocycles. The molecular weight excluding hydrogens is 302 g/mol. The lowest BCUT2D eigenvalue weighted by atomic mass is 10.0. The van der Waals surface area contributed by atoms with Crippen molar-refractivity contribution in [1.29, 1.82) is 0 Å². The van der Waals surface area contributed by atoms with E-state index < -0.39 is 22.1 Å². The van der Waals surface area contributed by atoms with E-state index in [0.29, 0.717) is 13.0 Å². The zero-order chi connectivity index (χ0) is 14.9. The van der Waals surface area contributed by atoms with Crippen molar-refractivity contribution in [3.63, 3.8) is 0 Å². The molecule has 2 rings (SSSR count). The Morgan fingerprint density at radius 1 is 1.60 bits per heavy atom. The van der Waals surface area contributed by atoms with Crippen LogP contribution in [0.4, 0.5) is 0 Å². The van der Waals surface area contributed by atoms with Crippen LogP contribution in [0.2, 0.25) is 0 Å². The van der Waals surface area contributed by atoms with Crippen molar-refractivity contribution in [1.82, 2.24) is 4.31 Å². The largest absolute Gasteiger partial charge is 0.465 e. The van der Waals surface area contributed by atoms with Crippen LogP contribution in [0.15, 0.2) is 16.3 Å². The zero-order valence-electron chi connectivity index (χ0n) is 11.3. The van der Waals surface area contributed by atoms with Crippen LogP contribution in [0.3, 0.4) is 0 Å². The average molecular weight is 319 g/mol. The molecule has 0 radical (unpaired) electrons. The predicted molar refractivity (Wildman–Crippen MR) is 74.2 cm³/mol. The minimum absolute atomic E-state index is 0.0133. The molecule has 8 heteroatoms. The van der Waals surface area contributed by atoms with Gasteiger partial charge in [-0.25, -0.2) is 13.2 Å². The van der Waals surface area contributed by atoms with Crippen LogP contribution in [0.25, 0.3) is 0 Å². The summed E-state index contributed by atoms with van der Waals surface area (Å²) in [4.78, 5) is 11.7. The maximum Gasteiger partial charge on any atom is 0.349 e. The minimum atomic E-state index is -3.72. The molecule has 1 N–H and O–H groups in total. The fraction of sp³-hybridized carbons (Fsp3) is 0.583. The maximum atomic E-state index is 12.5. The standard InChI is InChI=1S/C12H17NO5S2/c1-8(14)9-3-5-13(7-9)20(16,17)10-4-6-19-11(10)12(15)18-2/h4,6,8-9,14H,3,5,7H2,1-2H3. The molecule has 1 aliphatic rings. The van der Waals surface area contributed by atoms with Gasteiger partial charge in [0.25, 0.3) is 0 Å². The van der Waals surface area contributed by atoms with Gasteiger partial charge in [-0.05, 0) is 30.7 Å². The minimum Gasteiger partial charge on any atom is -0.465 e. The number of nitrogens with zero attached hydrogens (tertiary/aromatic N) is 1. The first-order valence-corrected chi connectivity index (χ1v) is 8.54. The lowest BCUT2D eigenvalue weighted by Crippen LogP contribution is -2.31. The monoisotopic (exact) mass is 319 g/mol. The third-order valence-corrected chi connectivity index (χ3v) is 6.42. The highest BCUT2D eigenvalue weighted by Crippen LogP contribution is 2.30. The first-order valence-electron chi connectivity index (χ1n) is 6.22. The van der Waals surface area contributed by atoms with Gasteiger partial charge in [0, 0.05) is 13.1 Å². The highest BCUT2D eigenvalue weighted by Gasteiger charge is 2.36. The topological polar surface area (TPSA) is 83.9 Å². The number of ether oxygens (including phenoxy) is 1. The Morgan fingerprint density at radius 2 is 2.30 bits per heavy atom. The van der Waals surface area contributed by atoms with Crippen molar-refractivity contribution in [2.45, 2.75) is 24.3 Å². The van der Waals surface area contributed by atoms with Crippen molar-refractivity contribution in [2.75, 3.05) is 20.2 Å². The summed E-state index contributed by atoms with van der Waals surface area (Å²) in [6.07, 6.45) is 0.0759. The first-order chi connectivity index (χ1) is 9.37. The summed E-state index contributed by atoms with van der Waals surface area (Å²) < 4.78 is 31.0. The van der Waals surface area contributed by atoms with Gasteiger partial charge in [-0.2, -0.15) is 4.31 Å². The van der Waals surface area contributed by atoms with Crippen molar-refractivity contribution in [2.24, 2.45) is 5.92 Å². The number of esters is 1. The number of hydrogen-bond donors (Lipinski definition) is 1. The number of sulfonamides is 1. The van der Waals surface area contributed by atoms with Gasteiger partial charge in [0.2, 0.25) is 10.0 Å². The van der Waals surface area contributed by atoms with E-state index in [4.69, 9.17) is 0 Å². The van der Waals surface area contributed by atoms with Gasteiger partial charge >= 0.3 is 5.97 Å². The molecule has 0 bridgehead atoms. The van der Waals surface area contributed by atoms with E-state index in [9.17, 15) is 18.3 Å². The number of aliphatic hydroxyl groups is 1. The van der Waals surface area contributed by atoms with E-state index in [1.165, 1.54) is 17.5 Å². The molecule has 2 atom stereocenters. The molecule has 0 spiro atoms. The molecule has 20 heavy (non-hydrogen) atoms. The summed E-state index contributed by atoms with van der Waals surface area (Å²) in [5, 5.41) is 11.1. The lowest BCUT2D eigenvalue weighted by Gasteiger charge is -2.17. The van der Waals surface area contributed by atoms with Crippen LogP contribution in [0, 0.1) is 5.92 Å². The van der Waals surface area contributed by atoms with E-state index >= 15 is 0 Å². The molecule has 1 aromatic rings. The van der Waals surface area contributed by atoms with Crippen LogP contribution in [0.1, 0.15) is 23.0 Å². The SMILES string of the molecule is COC(=O)c1sccc1S(=O)(=O)N1CCC(C(C)O)C1. The van der Waals surface area contributed by atoms with E-state index in [1.54, 1.807) is 12.3 Å². The Balaban J connectivity index is 2.28. The summed E-state index contributed by atoms with van der Waals surface area (Å²) in [6.45, 7) is 2.29. The summed E-state index contributed by atoms with van der Waals surface area (Å²) >= 11 is 1.05. The van der Waals surface area contributed by atoms with Gasteiger partial charge in [-0.15, -0.1) is 11.3 Å². The van der Waals surface area contributed by atoms with E-state index in [0.717, 1.165) is 11.3 Å². The quantitative estimate of drug-likeness (QED) is 0.835. The predicted octanol–water partition coefficient (Wildman–Crippen LogP) is 0.926. The molecule has 0 saturated carbocycles. The van der Waals surface area contributed by atoms with E-state index in [-0.39, 0.29) is 22.2 Å². The molecule has 112 valence electrons. The number of carbonyl (C=O) groups excluding carboxylic acids is 1. The average Bonchev–Trinajstić information content (AvgIpc) is 3.06. The summed E-state index contributed by atoms with van der Waals surface area (Å²) in [7, 11) is -2.50. The number of thiophene rings is 1. The highest BCUT2D eigenvalue weighted by atomic mass is 32.2. The molecule has 2 unspecified atom stereocenters. The molecule has 1 saturated heterocycles. The fourth-order valence-electron chi connectivity index (χ4n) is 2.25. The number of carbonyl (C=O) groups is 1. The Hall–Kier alpha value is -0.960. The van der Waals surface area contributed by atoms with E-state index in [1.807, 2.05) is 0 Å². The maximum absolute atomic E-state index is 12.5. The highest BCUT2D eigenvalue weighted by molar-refractivity contribution is 7.89. The molecule has 2 heterocycles. The Kier molecular flexibility index (Phi) is 4.48. The van der Waals surface area contributed by atoms with Crippen LogP contribution in [0.5, 0.6) is 0 Å². The fourth-order valence-corrected chi connectivity index (χ4v) is 5.07. The Labute approximate surface area is 122 Å². The van der Waals surface area contributed by atoms with Gasteiger partial charge < -0.3 is 9.84 Å². The normalized spacial score (nSPS) is 21.9. The molecule has 0 aliphatic carbocycles. The van der Waals surface area contributed by atoms with Gasteiger partial charge in [-0.1, -0.05) is 0 Å². The first kappa shape index (κ1) is 15.4. The van der Waals surface area contributed by atoms with Gasteiger partial charge in [0.15, 0.2) is 0 Å². The number of aliphatic hydroxyl groups excluding tert-OH is 1. The molecule has 6 nitrogen and oxygen atoms in total. The molecule has 0 amide bonds. The molecule has 1 fully saturated rings. The van der Waals surface area contributed by atoms with Crippen LogP contribution in [-0.2, 0) is 14.8 Å². The Morgan fingerprint density at radius 3 is 2.85 bits per heavy atom. The third-order valence-electron chi connectivity index (χ3n) is 3.49. The van der Waals surface area contributed by atoms with Gasteiger partial charge in [-0.3, -0.25) is 0 Å². The summed E-state index contributed by atoms with van der Waals surface area (Å²) in [6, 6.07) is 1.42. The van der Waals surface area contributed by atoms with Crippen molar-refractivity contribution >= 4 is 27.3 Å².